The van der Waals surface area contributed by atoms with Crippen molar-refractivity contribution in [3.8, 4) is 0 Å². The summed E-state index contributed by atoms with van der Waals surface area (Å²) < 4.78 is 2.08. The number of carbonyl (C=O) groups is 1. The van der Waals surface area contributed by atoms with E-state index in [0.717, 1.165) is 32.5 Å². The van der Waals surface area contributed by atoms with Crippen LogP contribution >= 0.6 is 0 Å². The molecule has 0 atom stereocenters. The molecule has 0 bridgehead atoms. The fraction of sp³-hybridized carbons (Fsp3) is 0.778. The minimum Gasteiger partial charge on any atom is -0.337 e. The van der Waals surface area contributed by atoms with Crippen molar-refractivity contribution in [1.82, 2.24) is 20.0 Å². The van der Waals surface area contributed by atoms with Gasteiger partial charge in [-0.25, -0.2) is 0 Å². The quantitative estimate of drug-likeness (QED) is 0.928. The van der Waals surface area contributed by atoms with Gasteiger partial charge in [-0.1, -0.05) is 0 Å². The van der Waals surface area contributed by atoms with Crippen molar-refractivity contribution in [2.24, 2.45) is 5.92 Å². The van der Waals surface area contributed by atoms with E-state index in [9.17, 15) is 4.79 Å². The highest BCUT2D eigenvalue weighted by Crippen LogP contribution is 2.41. The molecule has 1 aromatic rings. The Labute approximate surface area is 139 Å². The fourth-order valence-electron chi connectivity index (χ4n) is 3.50. The number of nitrogens with one attached hydrogen (secondary N) is 1. The molecular formula is C18H30N4O. The van der Waals surface area contributed by atoms with Crippen LogP contribution in [0.3, 0.4) is 0 Å². The van der Waals surface area contributed by atoms with Crippen LogP contribution in [0.1, 0.15) is 68.6 Å². The highest BCUT2D eigenvalue weighted by molar-refractivity contribution is 5.92. The smallest absolute Gasteiger partial charge is 0.274 e. The first kappa shape index (κ1) is 16.5. The predicted octanol–water partition coefficient (Wildman–Crippen LogP) is 2.59. The van der Waals surface area contributed by atoms with E-state index < -0.39 is 0 Å². The second-order valence-electron chi connectivity index (χ2n) is 8.10. The van der Waals surface area contributed by atoms with Gasteiger partial charge in [-0.05, 0) is 72.0 Å². The zero-order valence-electron chi connectivity index (χ0n) is 14.9. The van der Waals surface area contributed by atoms with Gasteiger partial charge in [0.05, 0.1) is 5.54 Å². The summed E-state index contributed by atoms with van der Waals surface area (Å²) in [6.45, 7) is 9.22. The first-order chi connectivity index (χ1) is 10.9. The normalized spacial score (nSPS) is 20.1. The van der Waals surface area contributed by atoms with Gasteiger partial charge in [0.15, 0.2) is 5.69 Å². The van der Waals surface area contributed by atoms with Crippen LogP contribution in [0, 0.1) is 5.92 Å². The lowest BCUT2D eigenvalue weighted by Gasteiger charge is -2.31. The van der Waals surface area contributed by atoms with Gasteiger partial charge in [0.2, 0.25) is 0 Å². The maximum atomic E-state index is 12.8. The van der Waals surface area contributed by atoms with Crippen LogP contribution in [-0.4, -0.2) is 47.3 Å². The molecule has 0 unspecified atom stereocenters. The molecule has 5 heteroatoms. The lowest BCUT2D eigenvalue weighted by Crippen LogP contribution is -2.40. The molecule has 1 aliphatic carbocycles. The van der Waals surface area contributed by atoms with Crippen molar-refractivity contribution in [1.29, 1.82) is 0 Å². The van der Waals surface area contributed by atoms with Gasteiger partial charge in [-0.2, -0.15) is 5.10 Å². The molecule has 0 aromatic carbocycles. The van der Waals surface area contributed by atoms with Crippen LogP contribution in [0.2, 0.25) is 0 Å². The molecule has 1 N–H and O–H groups in total. The van der Waals surface area contributed by atoms with Crippen LogP contribution in [0.5, 0.6) is 0 Å². The minimum absolute atomic E-state index is 0.0732. The van der Waals surface area contributed by atoms with E-state index in [1.165, 1.54) is 18.5 Å². The van der Waals surface area contributed by atoms with Crippen molar-refractivity contribution in [2.45, 2.75) is 57.9 Å². The molecule has 2 fully saturated rings. The molecule has 1 aromatic heterocycles. The molecule has 2 heterocycles. The standard InChI is InChI=1S/C18H30N4O/c1-18(2,3)22-16(14-5-6-14)11-15(20-22)17(23)21-9-7-13(8-10-21)12-19-4/h11,13-14,19H,5-10,12H2,1-4H3. The number of rotatable bonds is 4. The van der Waals surface area contributed by atoms with E-state index in [0.29, 0.717) is 17.5 Å². The Kier molecular flexibility index (Phi) is 4.50. The molecule has 5 nitrogen and oxygen atoms in total. The minimum atomic E-state index is -0.0732. The summed E-state index contributed by atoms with van der Waals surface area (Å²) in [4.78, 5) is 14.8. The Bertz CT molecular complexity index is 560. The Morgan fingerprint density at radius 3 is 2.43 bits per heavy atom. The maximum Gasteiger partial charge on any atom is 0.274 e. The van der Waals surface area contributed by atoms with Crippen molar-refractivity contribution < 1.29 is 4.79 Å². The monoisotopic (exact) mass is 318 g/mol. The van der Waals surface area contributed by atoms with Crippen LogP contribution in [0.15, 0.2) is 6.07 Å². The summed E-state index contributed by atoms with van der Waals surface area (Å²) in [6.07, 6.45) is 4.62. The van der Waals surface area contributed by atoms with E-state index in [-0.39, 0.29) is 11.4 Å². The summed E-state index contributed by atoms with van der Waals surface area (Å²) >= 11 is 0. The van der Waals surface area contributed by atoms with Gasteiger partial charge in [-0.15, -0.1) is 0 Å². The van der Waals surface area contributed by atoms with Gasteiger partial charge in [0, 0.05) is 24.7 Å². The summed E-state index contributed by atoms with van der Waals surface area (Å²) in [5.74, 6) is 1.40. The maximum absolute atomic E-state index is 12.8. The molecular weight excluding hydrogens is 288 g/mol. The van der Waals surface area contributed by atoms with Crippen molar-refractivity contribution in [2.75, 3.05) is 26.7 Å². The summed E-state index contributed by atoms with van der Waals surface area (Å²) in [6, 6.07) is 2.05. The Hall–Kier alpha value is -1.36. The molecule has 1 saturated carbocycles. The van der Waals surface area contributed by atoms with Crippen molar-refractivity contribution in [3.05, 3.63) is 17.5 Å². The number of hydrogen-bond donors (Lipinski definition) is 1. The number of likely N-dealkylation sites (tertiary alicyclic amines) is 1. The second-order valence-corrected chi connectivity index (χ2v) is 8.10. The van der Waals surface area contributed by atoms with Crippen molar-refractivity contribution in [3.63, 3.8) is 0 Å². The topological polar surface area (TPSA) is 50.2 Å². The van der Waals surface area contributed by atoms with E-state index in [1.807, 2.05) is 18.0 Å². The molecule has 0 spiro atoms. The van der Waals surface area contributed by atoms with Crippen LogP contribution in [-0.2, 0) is 5.54 Å². The number of aromatic nitrogens is 2. The zero-order chi connectivity index (χ0) is 16.6. The number of piperidine rings is 1. The number of hydrogen-bond acceptors (Lipinski definition) is 3. The predicted molar refractivity (Wildman–Crippen MR) is 91.8 cm³/mol. The Balaban J connectivity index is 1.73. The van der Waals surface area contributed by atoms with Crippen LogP contribution in [0.25, 0.3) is 0 Å². The molecule has 0 radical (unpaired) electrons. The molecule has 128 valence electrons. The third kappa shape index (κ3) is 3.60. The zero-order valence-corrected chi connectivity index (χ0v) is 14.9. The second kappa shape index (κ2) is 6.27. The van der Waals surface area contributed by atoms with Gasteiger partial charge in [0.1, 0.15) is 0 Å². The van der Waals surface area contributed by atoms with Gasteiger partial charge >= 0.3 is 0 Å². The molecule has 1 saturated heterocycles. The third-order valence-corrected chi connectivity index (χ3v) is 4.98. The van der Waals surface area contributed by atoms with E-state index in [1.54, 1.807) is 0 Å². The lowest BCUT2D eigenvalue weighted by atomic mass is 9.96. The summed E-state index contributed by atoms with van der Waals surface area (Å²) in [5.41, 5.74) is 1.80. The largest absolute Gasteiger partial charge is 0.337 e. The highest BCUT2D eigenvalue weighted by atomic mass is 16.2. The van der Waals surface area contributed by atoms with Gasteiger partial charge in [-0.3, -0.25) is 9.48 Å². The first-order valence-corrected chi connectivity index (χ1v) is 8.94. The molecule has 3 rings (SSSR count). The van der Waals surface area contributed by atoms with Crippen molar-refractivity contribution >= 4 is 5.91 Å². The van der Waals surface area contributed by atoms with E-state index in [2.05, 4.69) is 35.9 Å². The Morgan fingerprint density at radius 1 is 1.26 bits per heavy atom. The molecule has 1 aliphatic heterocycles. The SMILES string of the molecule is CNCC1CCN(C(=O)c2cc(C3CC3)n(C(C)(C)C)n2)CC1. The Morgan fingerprint density at radius 2 is 1.91 bits per heavy atom. The number of nitrogens with zero attached hydrogens (tertiary/aromatic N) is 3. The van der Waals surface area contributed by atoms with Gasteiger partial charge in [0.25, 0.3) is 5.91 Å². The average molecular weight is 318 g/mol. The summed E-state index contributed by atoms with van der Waals surface area (Å²) in [7, 11) is 2.00. The van der Waals surface area contributed by atoms with Gasteiger partial charge < -0.3 is 10.2 Å². The van der Waals surface area contributed by atoms with Crippen LogP contribution in [0.4, 0.5) is 0 Å². The number of amides is 1. The molecule has 23 heavy (non-hydrogen) atoms. The lowest BCUT2D eigenvalue weighted by molar-refractivity contribution is 0.0683. The fourth-order valence-corrected chi connectivity index (χ4v) is 3.50. The summed E-state index contributed by atoms with van der Waals surface area (Å²) in [5, 5.41) is 7.93. The van der Waals surface area contributed by atoms with Crippen LogP contribution < -0.4 is 5.32 Å². The first-order valence-electron chi connectivity index (χ1n) is 8.94. The average Bonchev–Trinajstić information content (AvgIpc) is 3.25. The van der Waals surface area contributed by atoms with E-state index in [4.69, 9.17) is 0 Å². The number of carbonyl (C=O) groups excluding carboxylic acids is 1. The molecule has 2 aliphatic rings. The third-order valence-electron chi connectivity index (χ3n) is 4.98. The highest BCUT2D eigenvalue weighted by Gasteiger charge is 2.33. The molecule has 1 amide bonds. The van der Waals surface area contributed by atoms with E-state index >= 15 is 0 Å².